The normalized spacial score (nSPS) is 10.5. The van der Waals surface area contributed by atoms with Gasteiger partial charge in [-0.1, -0.05) is 6.07 Å². The summed E-state index contributed by atoms with van der Waals surface area (Å²) in [5, 5.41) is 0. The number of nitrogen functional groups attached to an aromatic ring is 1. The van der Waals surface area contributed by atoms with Crippen LogP contribution >= 0.6 is 0 Å². The average molecular weight is 234 g/mol. The number of hydrogen-bond acceptors (Lipinski definition) is 4. The van der Waals surface area contributed by atoms with Gasteiger partial charge in [-0.05, 0) is 18.2 Å². The van der Waals surface area contributed by atoms with Gasteiger partial charge in [-0.15, -0.1) is 0 Å². The Morgan fingerprint density at radius 3 is 2.71 bits per heavy atom. The third-order valence-electron chi connectivity index (χ3n) is 2.36. The van der Waals surface area contributed by atoms with Crippen LogP contribution in [0.2, 0.25) is 0 Å². The number of rotatable bonds is 2. The summed E-state index contributed by atoms with van der Waals surface area (Å²) >= 11 is 0. The summed E-state index contributed by atoms with van der Waals surface area (Å²) in [6, 6.07) is 5.84. The Balaban J connectivity index is 2.54. The maximum absolute atomic E-state index is 13.5. The van der Waals surface area contributed by atoms with E-state index in [4.69, 9.17) is 11.5 Å². The number of aromatic nitrogens is 2. The van der Waals surface area contributed by atoms with E-state index in [-0.39, 0.29) is 12.4 Å². The van der Waals surface area contributed by atoms with Gasteiger partial charge in [0.25, 0.3) is 0 Å². The molecule has 0 saturated heterocycles. The summed E-state index contributed by atoms with van der Waals surface area (Å²) < 4.78 is 14.7. The summed E-state index contributed by atoms with van der Waals surface area (Å²) in [5.41, 5.74) is 10.9. The van der Waals surface area contributed by atoms with Crippen molar-refractivity contribution in [2.75, 3.05) is 5.73 Å². The molecule has 2 aromatic rings. The van der Waals surface area contributed by atoms with Crippen molar-refractivity contribution in [3.63, 3.8) is 0 Å². The minimum Gasteiger partial charge on any atom is -0.383 e. The van der Waals surface area contributed by atoms with Gasteiger partial charge >= 0.3 is 5.69 Å². The Morgan fingerprint density at radius 1 is 1.35 bits per heavy atom. The third-order valence-corrected chi connectivity index (χ3v) is 2.36. The molecule has 5 nitrogen and oxygen atoms in total. The molecule has 0 radical (unpaired) electrons. The van der Waals surface area contributed by atoms with Gasteiger partial charge in [0.05, 0.1) is 5.69 Å². The molecule has 0 amide bonds. The molecule has 0 unspecified atom stereocenters. The number of nitrogens with two attached hydrogens (primary N) is 2. The average Bonchev–Trinajstić information content (AvgIpc) is 2.29. The number of nitrogens with zero attached hydrogens (tertiary/aromatic N) is 2. The van der Waals surface area contributed by atoms with E-state index in [2.05, 4.69) is 4.98 Å². The molecule has 1 aromatic heterocycles. The first-order valence-electron chi connectivity index (χ1n) is 4.96. The summed E-state index contributed by atoms with van der Waals surface area (Å²) in [6.07, 6.45) is 1.45. The first-order valence-corrected chi connectivity index (χ1v) is 4.96. The molecule has 0 aliphatic carbocycles. The molecular weight excluding hydrogens is 223 g/mol. The van der Waals surface area contributed by atoms with Gasteiger partial charge in [-0.3, -0.25) is 4.57 Å². The van der Waals surface area contributed by atoms with Gasteiger partial charge in [0.2, 0.25) is 0 Å². The van der Waals surface area contributed by atoms with E-state index in [1.54, 1.807) is 6.07 Å². The van der Waals surface area contributed by atoms with Crippen LogP contribution in [0, 0.1) is 5.82 Å². The largest absolute Gasteiger partial charge is 0.383 e. The van der Waals surface area contributed by atoms with E-state index in [0.717, 1.165) is 0 Å². The highest BCUT2D eigenvalue weighted by molar-refractivity contribution is 5.37. The molecule has 0 bridgehead atoms. The lowest BCUT2D eigenvalue weighted by atomic mass is 10.2. The zero-order valence-corrected chi connectivity index (χ0v) is 8.93. The van der Waals surface area contributed by atoms with Crippen molar-refractivity contribution in [3.05, 3.63) is 52.3 Å². The minimum atomic E-state index is -0.551. The van der Waals surface area contributed by atoms with Crippen molar-refractivity contribution in [1.29, 1.82) is 0 Å². The quantitative estimate of drug-likeness (QED) is 0.788. The van der Waals surface area contributed by atoms with Crippen molar-refractivity contribution in [1.82, 2.24) is 9.55 Å². The van der Waals surface area contributed by atoms with Crippen molar-refractivity contribution in [2.45, 2.75) is 6.54 Å². The third kappa shape index (κ3) is 2.16. The van der Waals surface area contributed by atoms with Gasteiger partial charge in [0.15, 0.2) is 0 Å². The van der Waals surface area contributed by atoms with Crippen molar-refractivity contribution in [2.24, 2.45) is 5.73 Å². The maximum Gasteiger partial charge on any atom is 0.354 e. The zero-order chi connectivity index (χ0) is 12.4. The van der Waals surface area contributed by atoms with Crippen LogP contribution < -0.4 is 17.2 Å². The molecule has 0 atom stereocenters. The second kappa shape index (κ2) is 4.34. The second-order valence-electron chi connectivity index (χ2n) is 3.48. The van der Waals surface area contributed by atoms with E-state index in [1.165, 1.54) is 29.0 Å². The lowest BCUT2D eigenvalue weighted by Gasteiger charge is -2.07. The molecule has 88 valence electrons. The molecule has 1 heterocycles. The van der Waals surface area contributed by atoms with Gasteiger partial charge in [-0.25, -0.2) is 9.18 Å². The Bertz CT molecular complexity index is 609. The highest BCUT2D eigenvalue weighted by atomic mass is 19.1. The van der Waals surface area contributed by atoms with Crippen LogP contribution in [0.25, 0.3) is 5.69 Å². The lowest BCUT2D eigenvalue weighted by molar-refractivity contribution is 0.609. The van der Waals surface area contributed by atoms with Crippen LogP contribution in [0.3, 0.4) is 0 Å². The summed E-state index contributed by atoms with van der Waals surface area (Å²) in [4.78, 5) is 15.1. The summed E-state index contributed by atoms with van der Waals surface area (Å²) in [6.45, 7) is 0.112. The first kappa shape index (κ1) is 11.3. The highest BCUT2D eigenvalue weighted by Crippen LogP contribution is 2.12. The summed E-state index contributed by atoms with van der Waals surface area (Å²) in [5.74, 6) is -0.320. The minimum absolute atomic E-state index is 0.112. The Hall–Kier alpha value is -2.21. The molecule has 0 spiro atoms. The molecule has 0 fully saturated rings. The van der Waals surface area contributed by atoms with E-state index in [1.807, 2.05) is 0 Å². The SMILES string of the molecule is NCc1ccc(-n2ccc(N)nc2=O)cc1F. The Kier molecular flexibility index (Phi) is 2.88. The van der Waals surface area contributed by atoms with Crippen molar-refractivity contribution >= 4 is 5.82 Å². The maximum atomic E-state index is 13.5. The van der Waals surface area contributed by atoms with Crippen molar-refractivity contribution in [3.8, 4) is 5.69 Å². The zero-order valence-electron chi connectivity index (χ0n) is 8.93. The van der Waals surface area contributed by atoms with Crippen LogP contribution in [-0.4, -0.2) is 9.55 Å². The highest BCUT2D eigenvalue weighted by Gasteiger charge is 2.05. The van der Waals surface area contributed by atoms with Crippen LogP contribution in [0.1, 0.15) is 5.56 Å². The molecule has 0 aliphatic heterocycles. The van der Waals surface area contributed by atoms with Gasteiger partial charge in [0, 0.05) is 18.3 Å². The summed E-state index contributed by atoms with van der Waals surface area (Å²) in [7, 11) is 0. The molecule has 4 N–H and O–H groups in total. The Labute approximate surface area is 96.5 Å². The molecule has 6 heteroatoms. The monoisotopic (exact) mass is 234 g/mol. The van der Waals surface area contributed by atoms with Crippen LogP contribution in [0.15, 0.2) is 35.3 Å². The van der Waals surface area contributed by atoms with Gasteiger partial charge in [-0.2, -0.15) is 4.98 Å². The molecular formula is C11H11FN4O. The van der Waals surface area contributed by atoms with E-state index >= 15 is 0 Å². The number of halogens is 1. The predicted octanol–water partition coefficient (Wildman–Crippen LogP) is 0.412. The topological polar surface area (TPSA) is 86.9 Å². The van der Waals surface area contributed by atoms with Crippen LogP contribution in [0.5, 0.6) is 0 Å². The first-order chi connectivity index (χ1) is 8.11. The fraction of sp³-hybridized carbons (Fsp3) is 0.0909. The lowest BCUT2D eigenvalue weighted by Crippen LogP contribution is -2.21. The molecule has 17 heavy (non-hydrogen) atoms. The number of hydrogen-bond donors (Lipinski definition) is 2. The second-order valence-corrected chi connectivity index (χ2v) is 3.48. The standard InChI is InChI=1S/C11H11FN4O/c12-9-5-8(2-1-7(9)6-13)16-4-3-10(14)15-11(16)17/h1-5H,6,13H2,(H2,14,15,17). The molecule has 1 aromatic carbocycles. The molecule has 0 aliphatic rings. The van der Waals surface area contributed by atoms with E-state index in [9.17, 15) is 9.18 Å². The number of benzene rings is 1. The van der Waals surface area contributed by atoms with Crippen LogP contribution in [-0.2, 0) is 6.54 Å². The smallest absolute Gasteiger partial charge is 0.354 e. The number of anilines is 1. The van der Waals surface area contributed by atoms with Crippen LogP contribution in [0.4, 0.5) is 10.2 Å². The predicted molar refractivity (Wildman–Crippen MR) is 62.1 cm³/mol. The van der Waals surface area contributed by atoms with Crippen molar-refractivity contribution < 1.29 is 4.39 Å². The van der Waals surface area contributed by atoms with E-state index in [0.29, 0.717) is 11.3 Å². The van der Waals surface area contributed by atoms with Gasteiger partial charge in [0.1, 0.15) is 11.6 Å². The van der Waals surface area contributed by atoms with Gasteiger partial charge < -0.3 is 11.5 Å². The molecule has 0 saturated carbocycles. The van der Waals surface area contributed by atoms with E-state index < -0.39 is 11.5 Å². The Morgan fingerprint density at radius 2 is 2.12 bits per heavy atom. The fourth-order valence-electron chi connectivity index (χ4n) is 1.46. The fourth-order valence-corrected chi connectivity index (χ4v) is 1.46. The molecule has 2 rings (SSSR count).